The molecule has 5 heteroatoms. The molecule has 18 heavy (non-hydrogen) atoms. The number of nitrogens with one attached hydrogen (secondary N) is 1. The van der Waals surface area contributed by atoms with E-state index in [0.29, 0.717) is 5.56 Å². The van der Waals surface area contributed by atoms with Gasteiger partial charge in [-0.1, -0.05) is 22.9 Å². The molecule has 0 aliphatic rings. The summed E-state index contributed by atoms with van der Waals surface area (Å²) in [4.78, 5) is 5.75. The van der Waals surface area contributed by atoms with Gasteiger partial charge in [-0.25, -0.2) is 4.98 Å². The summed E-state index contributed by atoms with van der Waals surface area (Å²) in [5, 5.41) is 13.0. The fraction of sp³-hybridized carbons (Fsp3) is 0.231. The van der Waals surface area contributed by atoms with Crippen LogP contribution in [0.25, 0.3) is 0 Å². The van der Waals surface area contributed by atoms with E-state index in [2.05, 4.69) is 46.1 Å². The number of rotatable bonds is 3. The fourth-order valence-corrected chi connectivity index (χ4v) is 3.08. The number of nitrogens with zero attached hydrogens (tertiary/aromatic N) is 2. The molecule has 2 rings (SSSR count). The summed E-state index contributed by atoms with van der Waals surface area (Å²) in [6.07, 6.45) is 0.936. The molecule has 1 heterocycles. The van der Waals surface area contributed by atoms with Gasteiger partial charge in [0, 0.05) is 15.0 Å². The number of aryl methyl sites for hydroxylation is 2. The van der Waals surface area contributed by atoms with E-state index in [-0.39, 0.29) is 0 Å². The van der Waals surface area contributed by atoms with Gasteiger partial charge in [-0.2, -0.15) is 5.26 Å². The van der Waals surface area contributed by atoms with Gasteiger partial charge in [0.1, 0.15) is 0 Å². The maximum atomic E-state index is 8.93. The number of hydrogen-bond acceptors (Lipinski definition) is 4. The number of thiazole rings is 1. The molecule has 0 amide bonds. The molecule has 0 atom stereocenters. The largest absolute Gasteiger partial charge is 0.331 e. The third-order valence-electron chi connectivity index (χ3n) is 2.51. The molecule has 2 aromatic rings. The van der Waals surface area contributed by atoms with Crippen molar-refractivity contribution in [2.75, 3.05) is 5.32 Å². The van der Waals surface area contributed by atoms with E-state index < -0.39 is 0 Å². The third kappa shape index (κ3) is 2.89. The predicted molar refractivity (Wildman–Crippen MR) is 78.4 cm³/mol. The second-order valence-corrected chi connectivity index (χ2v) is 5.96. The van der Waals surface area contributed by atoms with Crippen molar-refractivity contribution < 1.29 is 0 Å². The van der Waals surface area contributed by atoms with Crippen molar-refractivity contribution in [1.29, 1.82) is 5.26 Å². The van der Waals surface area contributed by atoms with Crippen LogP contribution >= 0.6 is 27.3 Å². The lowest BCUT2D eigenvalue weighted by Gasteiger charge is -2.03. The Hall–Kier alpha value is -1.38. The van der Waals surface area contributed by atoms with Gasteiger partial charge < -0.3 is 5.32 Å². The van der Waals surface area contributed by atoms with Crippen LogP contribution in [0.5, 0.6) is 0 Å². The molecule has 0 bridgehead atoms. The molecule has 0 fully saturated rings. The maximum Gasteiger partial charge on any atom is 0.187 e. The fourth-order valence-electron chi connectivity index (χ4n) is 1.66. The summed E-state index contributed by atoms with van der Waals surface area (Å²) in [7, 11) is 0. The van der Waals surface area contributed by atoms with Crippen molar-refractivity contribution in [3.05, 3.63) is 38.8 Å². The SMILES string of the molecule is CCc1nc(Nc2cc(Br)cc(C#N)c2)sc1C. The molecule has 0 radical (unpaired) electrons. The molecule has 1 aromatic heterocycles. The summed E-state index contributed by atoms with van der Waals surface area (Å²) in [6, 6.07) is 7.67. The Morgan fingerprint density at radius 2 is 2.22 bits per heavy atom. The average molecular weight is 322 g/mol. The van der Waals surface area contributed by atoms with Crippen LogP contribution in [0.15, 0.2) is 22.7 Å². The molecule has 0 saturated carbocycles. The van der Waals surface area contributed by atoms with Crippen molar-refractivity contribution in [2.45, 2.75) is 20.3 Å². The molecule has 92 valence electrons. The second-order valence-electron chi connectivity index (χ2n) is 3.84. The van der Waals surface area contributed by atoms with Gasteiger partial charge in [-0.15, -0.1) is 11.3 Å². The first-order chi connectivity index (χ1) is 8.62. The van der Waals surface area contributed by atoms with E-state index in [9.17, 15) is 0 Å². The normalized spacial score (nSPS) is 10.1. The van der Waals surface area contributed by atoms with Gasteiger partial charge >= 0.3 is 0 Å². The topological polar surface area (TPSA) is 48.7 Å². The molecule has 1 aromatic carbocycles. The monoisotopic (exact) mass is 321 g/mol. The minimum atomic E-state index is 0.621. The molecule has 0 aliphatic carbocycles. The molecule has 0 unspecified atom stereocenters. The quantitative estimate of drug-likeness (QED) is 0.911. The zero-order valence-electron chi connectivity index (χ0n) is 10.1. The molecule has 1 N–H and O–H groups in total. The standard InChI is InChI=1S/C13H12BrN3S/c1-3-12-8(2)18-13(17-12)16-11-5-9(7-15)4-10(14)6-11/h4-6H,3H2,1-2H3,(H,16,17). The number of benzene rings is 1. The molecule has 0 saturated heterocycles. The highest BCUT2D eigenvalue weighted by Gasteiger charge is 2.07. The molecule has 0 aliphatic heterocycles. The minimum absolute atomic E-state index is 0.621. The number of nitriles is 1. The van der Waals surface area contributed by atoms with Gasteiger partial charge in [-0.05, 0) is 31.5 Å². The maximum absolute atomic E-state index is 8.93. The Morgan fingerprint density at radius 3 is 2.83 bits per heavy atom. The van der Waals surface area contributed by atoms with Crippen LogP contribution < -0.4 is 5.32 Å². The van der Waals surface area contributed by atoms with E-state index in [4.69, 9.17) is 5.26 Å². The summed E-state index contributed by atoms with van der Waals surface area (Å²) in [5.74, 6) is 0. The molecular formula is C13H12BrN3S. The van der Waals surface area contributed by atoms with Crippen molar-refractivity contribution in [3.63, 3.8) is 0 Å². The highest BCUT2D eigenvalue weighted by molar-refractivity contribution is 9.10. The lowest BCUT2D eigenvalue weighted by atomic mass is 10.2. The lowest BCUT2D eigenvalue weighted by Crippen LogP contribution is -1.91. The number of aromatic nitrogens is 1. The van der Waals surface area contributed by atoms with Crippen molar-refractivity contribution in [3.8, 4) is 6.07 Å². The summed E-state index contributed by atoms with van der Waals surface area (Å²) in [6.45, 7) is 4.17. The first-order valence-corrected chi connectivity index (χ1v) is 7.17. The van der Waals surface area contributed by atoms with Gasteiger partial charge in [0.05, 0.1) is 17.3 Å². The zero-order valence-corrected chi connectivity index (χ0v) is 12.5. The van der Waals surface area contributed by atoms with Crippen LogP contribution in [-0.2, 0) is 6.42 Å². The lowest BCUT2D eigenvalue weighted by molar-refractivity contribution is 1.05. The molecule has 0 spiro atoms. The van der Waals surface area contributed by atoms with E-state index >= 15 is 0 Å². The Labute approximate surface area is 119 Å². The smallest absolute Gasteiger partial charge is 0.187 e. The van der Waals surface area contributed by atoms with Crippen LogP contribution in [0.4, 0.5) is 10.8 Å². The van der Waals surface area contributed by atoms with Crippen LogP contribution in [0.1, 0.15) is 23.1 Å². The summed E-state index contributed by atoms with van der Waals surface area (Å²) >= 11 is 5.03. The van der Waals surface area contributed by atoms with Crippen LogP contribution in [-0.4, -0.2) is 4.98 Å². The number of hydrogen-bond donors (Lipinski definition) is 1. The van der Waals surface area contributed by atoms with E-state index in [1.165, 1.54) is 4.88 Å². The first-order valence-electron chi connectivity index (χ1n) is 5.56. The Morgan fingerprint density at radius 1 is 1.44 bits per heavy atom. The predicted octanol–water partition coefficient (Wildman–Crippen LogP) is 4.39. The molecule has 3 nitrogen and oxygen atoms in total. The van der Waals surface area contributed by atoms with Crippen molar-refractivity contribution in [2.24, 2.45) is 0 Å². The van der Waals surface area contributed by atoms with Gasteiger partial charge in [0.15, 0.2) is 5.13 Å². The zero-order chi connectivity index (χ0) is 13.1. The minimum Gasteiger partial charge on any atom is -0.331 e. The average Bonchev–Trinajstić information content (AvgIpc) is 2.68. The highest BCUT2D eigenvalue weighted by Crippen LogP contribution is 2.27. The third-order valence-corrected chi connectivity index (χ3v) is 3.89. The van der Waals surface area contributed by atoms with E-state index in [1.54, 1.807) is 17.4 Å². The van der Waals surface area contributed by atoms with Gasteiger partial charge in [-0.3, -0.25) is 0 Å². The van der Waals surface area contributed by atoms with Crippen LogP contribution in [0.3, 0.4) is 0 Å². The summed E-state index contributed by atoms with van der Waals surface area (Å²) in [5.41, 5.74) is 2.62. The number of anilines is 2. The van der Waals surface area contributed by atoms with E-state index in [0.717, 1.165) is 27.4 Å². The Balaban J connectivity index is 2.28. The first kappa shape index (κ1) is 13.1. The van der Waals surface area contributed by atoms with E-state index in [1.807, 2.05) is 12.1 Å². The molecular weight excluding hydrogens is 310 g/mol. The summed E-state index contributed by atoms with van der Waals surface area (Å²) < 4.78 is 0.882. The second kappa shape index (κ2) is 5.51. The van der Waals surface area contributed by atoms with Crippen LogP contribution in [0.2, 0.25) is 0 Å². The van der Waals surface area contributed by atoms with Gasteiger partial charge in [0.25, 0.3) is 0 Å². The van der Waals surface area contributed by atoms with Crippen LogP contribution in [0, 0.1) is 18.3 Å². The highest BCUT2D eigenvalue weighted by atomic mass is 79.9. The Bertz CT molecular complexity index is 613. The Kier molecular flexibility index (Phi) is 4.00. The van der Waals surface area contributed by atoms with Gasteiger partial charge in [0.2, 0.25) is 0 Å². The number of halogens is 1. The van der Waals surface area contributed by atoms with Crippen molar-refractivity contribution in [1.82, 2.24) is 4.98 Å². The van der Waals surface area contributed by atoms with Crippen molar-refractivity contribution >= 4 is 38.1 Å².